The molecule has 0 radical (unpaired) electrons. The predicted octanol–water partition coefficient (Wildman–Crippen LogP) is 5.18. The van der Waals surface area contributed by atoms with E-state index >= 15 is 0 Å². The standard InChI is InChI=1S/C25H32ClFN4O3/c1-15-13-30(7-8-31(15)24(33)34-25(4,5)6)14-19-9-20(27)11-22(16(19)2)29-23(32)18-10-21(26)17(3)28-12-18/h9-12,15H,7-8,13-14H2,1-6H3,(H,29,32)/t15-/m0/s1. The fourth-order valence-corrected chi connectivity index (χ4v) is 4.03. The zero-order valence-corrected chi connectivity index (χ0v) is 21.3. The number of nitrogens with zero attached hydrogens (tertiary/aromatic N) is 3. The van der Waals surface area contributed by atoms with E-state index in [9.17, 15) is 14.0 Å². The highest BCUT2D eigenvalue weighted by Gasteiger charge is 2.31. The summed E-state index contributed by atoms with van der Waals surface area (Å²) in [6.45, 7) is 13.4. The third-order valence-electron chi connectivity index (χ3n) is 5.75. The number of aryl methyl sites for hydroxylation is 1. The zero-order valence-electron chi connectivity index (χ0n) is 20.5. The van der Waals surface area contributed by atoms with Crippen molar-refractivity contribution in [2.24, 2.45) is 0 Å². The first kappa shape index (κ1) is 25.9. The summed E-state index contributed by atoms with van der Waals surface area (Å²) < 4.78 is 20.0. The number of carbonyl (C=O) groups is 2. The molecule has 1 aromatic carbocycles. The van der Waals surface area contributed by atoms with Crippen LogP contribution in [0.15, 0.2) is 24.4 Å². The number of anilines is 1. The molecule has 1 aliphatic heterocycles. The van der Waals surface area contributed by atoms with Gasteiger partial charge in [-0.05, 0) is 70.9 Å². The van der Waals surface area contributed by atoms with Gasteiger partial charge in [0, 0.05) is 44.1 Å². The summed E-state index contributed by atoms with van der Waals surface area (Å²) in [5, 5.41) is 3.17. The quantitative estimate of drug-likeness (QED) is 0.638. The molecule has 184 valence electrons. The Morgan fingerprint density at radius 1 is 1.24 bits per heavy atom. The molecule has 3 rings (SSSR count). The zero-order chi connectivity index (χ0) is 25.2. The molecule has 0 unspecified atom stereocenters. The predicted molar refractivity (Wildman–Crippen MR) is 131 cm³/mol. The summed E-state index contributed by atoms with van der Waals surface area (Å²) >= 11 is 6.08. The Balaban J connectivity index is 1.70. The lowest BCUT2D eigenvalue weighted by Gasteiger charge is -2.40. The van der Waals surface area contributed by atoms with Crippen molar-refractivity contribution in [2.75, 3.05) is 25.0 Å². The van der Waals surface area contributed by atoms with Gasteiger partial charge in [0.15, 0.2) is 0 Å². The van der Waals surface area contributed by atoms with Gasteiger partial charge in [-0.15, -0.1) is 0 Å². The van der Waals surface area contributed by atoms with Gasteiger partial charge in [0.1, 0.15) is 11.4 Å². The second-order valence-corrected chi connectivity index (χ2v) is 10.1. The van der Waals surface area contributed by atoms with E-state index in [-0.39, 0.29) is 12.1 Å². The second kappa shape index (κ2) is 10.3. The van der Waals surface area contributed by atoms with Crippen LogP contribution < -0.4 is 5.32 Å². The van der Waals surface area contributed by atoms with Crippen LogP contribution >= 0.6 is 11.6 Å². The van der Waals surface area contributed by atoms with Crippen LogP contribution in [0, 0.1) is 19.7 Å². The molecule has 34 heavy (non-hydrogen) atoms. The number of amides is 2. The van der Waals surface area contributed by atoms with Crippen molar-refractivity contribution in [1.29, 1.82) is 0 Å². The molecule has 0 saturated carbocycles. The summed E-state index contributed by atoms with van der Waals surface area (Å²) in [7, 11) is 0. The van der Waals surface area contributed by atoms with Crippen LogP contribution in [0.4, 0.5) is 14.9 Å². The van der Waals surface area contributed by atoms with Crippen LogP contribution in [0.25, 0.3) is 0 Å². The summed E-state index contributed by atoms with van der Waals surface area (Å²) in [5.74, 6) is -0.843. The van der Waals surface area contributed by atoms with Crippen molar-refractivity contribution in [3.8, 4) is 0 Å². The fourth-order valence-electron chi connectivity index (χ4n) is 3.86. The summed E-state index contributed by atoms with van der Waals surface area (Å²) in [6, 6.07) is 4.29. The van der Waals surface area contributed by atoms with E-state index in [1.54, 1.807) is 17.9 Å². The third-order valence-corrected chi connectivity index (χ3v) is 6.13. The number of pyridine rings is 1. The van der Waals surface area contributed by atoms with Gasteiger partial charge in [-0.3, -0.25) is 14.7 Å². The lowest BCUT2D eigenvalue weighted by Crippen LogP contribution is -2.54. The van der Waals surface area contributed by atoms with E-state index in [1.165, 1.54) is 18.3 Å². The Morgan fingerprint density at radius 2 is 1.94 bits per heavy atom. The lowest BCUT2D eigenvalue weighted by atomic mass is 10.0. The minimum Gasteiger partial charge on any atom is -0.444 e. The molecule has 9 heteroatoms. The smallest absolute Gasteiger partial charge is 0.410 e. The molecule has 2 aromatic rings. The molecule has 1 N–H and O–H groups in total. The minimum absolute atomic E-state index is 0.0459. The number of aromatic nitrogens is 1. The highest BCUT2D eigenvalue weighted by molar-refractivity contribution is 6.31. The molecule has 7 nitrogen and oxygen atoms in total. The van der Waals surface area contributed by atoms with Gasteiger partial charge in [0.25, 0.3) is 5.91 Å². The maximum Gasteiger partial charge on any atom is 0.410 e. The van der Waals surface area contributed by atoms with Gasteiger partial charge in [0.2, 0.25) is 0 Å². The number of rotatable bonds is 4. The van der Waals surface area contributed by atoms with Crippen molar-refractivity contribution >= 4 is 29.3 Å². The van der Waals surface area contributed by atoms with E-state index in [2.05, 4.69) is 15.2 Å². The summed E-state index contributed by atoms with van der Waals surface area (Å²) in [6.07, 6.45) is 1.12. The van der Waals surface area contributed by atoms with Crippen LogP contribution in [0.2, 0.25) is 5.02 Å². The summed E-state index contributed by atoms with van der Waals surface area (Å²) in [5.41, 5.74) is 2.33. The Kier molecular flexibility index (Phi) is 7.83. The molecule has 0 bridgehead atoms. The fraction of sp³-hybridized carbons (Fsp3) is 0.480. The van der Waals surface area contributed by atoms with Crippen molar-refractivity contribution < 1.29 is 18.7 Å². The average Bonchev–Trinajstić information content (AvgIpc) is 2.72. The van der Waals surface area contributed by atoms with Gasteiger partial charge in [-0.1, -0.05) is 11.6 Å². The molecule has 0 spiro atoms. The highest BCUT2D eigenvalue weighted by Crippen LogP contribution is 2.25. The Hall–Kier alpha value is -2.71. The molecule has 1 fully saturated rings. The van der Waals surface area contributed by atoms with Crippen molar-refractivity contribution in [1.82, 2.24) is 14.8 Å². The van der Waals surface area contributed by atoms with Crippen molar-refractivity contribution in [3.05, 3.63) is 57.6 Å². The normalized spacial score (nSPS) is 16.9. The Morgan fingerprint density at radius 3 is 2.56 bits per heavy atom. The maximum atomic E-state index is 14.5. The minimum atomic E-state index is -0.548. The van der Waals surface area contributed by atoms with Crippen LogP contribution in [0.3, 0.4) is 0 Å². The van der Waals surface area contributed by atoms with E-state index in [1.807, 2.05) is 34.6 Å². The van der Waals surface area contributed by atoms with Gasteiger partial charge < -0.3 is 15.0 Å². The highest BCUT2D eigenvalue weighted by atomic mass is 35.5. The number of halogens is 2. The monoisotopic (exact) mass is 490 g/mol. The Labute approximate surface area is 205 Å². The molecular formula is C25H32ClFN4O3. The molecule has 0 aliphatic carbocycles. The van der Waals surface area contributed by atoms with Crippen LogP contribution in [-0.4, -0.2) is 58.1 Å². The summed E-state index contributed by atoms with van der Waals surface area (Å²) in [4.78, 5) is 33.2. The number of piperazine rings is 1. The number of hydrogen-bond donors (Lipinski definition) is 1. The molecule has 1 aromatic heterocycles. The average molecular weight is 491 g/mol. The van der Waals surface area contributed by atoms with Gasteiger partial charge in [-0.2, -0.15) is 0 Å². The van der Waals surface area contributed by atoms with E-state index < -0.39 is 17.3 Å². The number of nitrogens with one attached hydrogen (secondary N) is 1. The largest absolute Gasteiger partial charge is 0.444 e. The molecule has 1 saturated heterocycles. The van der Waals surface area contributed by atoms with Gasteiger partial charge >= 0.3 is 6.09 Å². The SMILES string of the molecule is Cc1ncc(C(=O)Nc2cc(F)cc(CN3CCN(C(=O)OC(C)(C)C)[C@@H](C)C3)c2C)cc1Cl. The van der Waals surface area contributed by atoms with Crippen LogP contribution in [0.1, 0.15) is 54.9 Å². The molecule has 1 aliphatic rings. The number of carbonyl (C=O) groups excluding carboxylic acids is 2. The first-order chi connectivity index (χ1) is 15.8. The van der Waals surface area contributed by atoms with Crippen molar-refractivity contribution in [3.63, 3.8) is 0 Å². The van der Waals surface area contributed by atoms with Crippen LogP contribution in [-0.2, 0) is 11.3 Å². The first-order valence-corrected chi connectivity index (χ1v) is 11.7. The molecule has 1 atom stereocenters. The lowest BCUT2D eigenvalue weighted by molar-refractivity contribution is 0.000530. The van der Waals surface area contributed by atoms with Crippen molar-refractivity contribution in [2.45, 2.75) is 59.7 Å². The maximum absolute atomic E-state index is 14.5. The van der Waals surface area contributed by atoms with E-state index in [0.717, 1.165) is 11.1 Å². The number of hydrogen-bond acceptors (Lipinski definition) is 5. The topological polar surface area (TPSA) is 74.8 Å². The third kappa shape index (κ3) is 6.45. The molecular weight excluding hydrogens is 459 g/mol. The van der Waals surface area contributed by atoms with E-state index in [4.69, 9.17) is 16.3 Å². The second-order valence-electron chi connectivity index (χ2n) is 9.74. The van der Waals surface area contributed by atoms with Gasteiger partial charge in [-0.25, -0.2) is 9.18 Å². The molecule has 2 heterocycles. The molecule has 2 amide bonds. The first-order valence-electron chi connectivity index (χ1n) is 11.3. The van der Waals surface area contributed by atoms with Crippen LogP contribution in [0.5, 0.6) is 0 Å². The number of ether oxygens (including phenoxy) is 1. The number of benzene rings is 1. The van der Waals surface area contributed by atoms with Gasteiger partial charge in [0.05, 0.1) is 16.3 Å². The Bertz CT molecular complexity index is 1090. The van der Waals surface area contributed by atoms with E-state index in [0.29, 0.717) is 48.1 Å².